The lowest BCUT2D eigenvalue weighted by molar-refractivity contribution is 0.962. The van der Waals surface area contributed by atoms with Crippen LogP contribution in [0.4, 0.5) is 5.82 Å². The molecule has 0 fully saturated rings. The maximum atomic E-state index is 11.7. The number of hydrogen-bond donors (Lipinski definition) is 1. The van der Waals surface area contributed by atoms with Crippen molar-refractivity contribution in [2.24, 2.45) is 0 Å². The molecule has 0 atom stereocenters. The van der Waals surface area contributed by atoms with Gasteiger partial charge < -0.3 is 5.73 Å². The molecular weight excluding hydrogens is 222 g/mol. The van der Waals surface area contributed by atoms with Crippen molar-refractivity contribution in [3.8, 4) is 5.69 Å². The first-order valence-corrected chi connectivity index (χ1v) is 5.92. The quantitative estimate of drug-likeness (QED) is 0.799. The third kappa shape index (κ3) is 1.94. The van der Waals surface area contributed by atoms with Gasteiger partial charge in [-0.2, -0.15) is 0 Å². The third-order valence-corrected chi connectivity index (χ3v) is 2.96. The molecule has 1 aromatic heterocycles. The zero-order valence-corrected chi connectivity index (χ0v) is 9.57. The molecule has 0 spiro atoms. The maximum absolute atomic E-state index is 11.7. The first kappa shape index (κ1) is 10.8. The molecule has 1 heterocycles. The van der Waals surface area contributed by atoms with Gasteiger partial charge in [0.05, 0.1) is 0 Å². The largest absolute Gasteiger partial charge is 0.379 e. The van der Waals surface area contributed by atoms with E-state index in [9.17, 15) is 4.79 Å². The van der Waals surface area contributed by atoms with Crippen molar-refractivity contribution in [3.63, 3.8) is 0 Å². The van der Waals surface area contributed by atoms with Gasteiger partial charge in [-0.1, -0.05) is 0 Å². The number of benzene rings is 1. The molecule has 0 amide bonds. The van der Waals surface area contributed by atoms with Gasteiger partial charge in [-0.25, -0.2) is 4.98 Å². The number of nitrogens with zero attached hydrogens (tertiary/aromatic N) is 2. The summed E-state index contributed by atoms with van der Waals surface area (Å²) in [6.45, 7) is 0. The standard InChI is InChI=1S/C11H11N3OS/c1-16-9-4-2-8(3-5-9)14-7-6-13-10(12)11(14)15/h2-7H,1H3,(H2,12,13). The predicted molar refractivity (Wildman–Crippen MR) is 66.0 cm³/mol. The summed E-state index contributed by atoms with van der Waals surface area (Å²) in [4.78, 5) is 16.6. The van der Waals surface area contributed by atoms with Gasteiger partial charge in [-0.15, -0.1) is 11.8 Å². The molecule has 0 saturated carbocycles. The molecule has 82 valence electrons. The van der Waals surface area contributed by atoms with E-state index in [0.29, 0.717) is 0 Å². The zero-order chi connectivity index (χ0) is 11.5. The summed E-state index contributed by atoms with van der Waals surface area (Å²) in [7, 11) is 0. The van der Waals surface area contributed by atoms with Crippen molar-refractivity contribution in [2.45, 2.75) is 4.90 Å². The molecule has 4 nitrogen and oxygen atoms in total. The van der Waals surface area contributed by atoms with Crippen LogP contribution in [-0.2, 0) is 0 Å². The molecule has 0 unspecified atom stereocenters. The topological polar surface area (TPSA) is 60.9 Å². The molecule has 0 radical (unpaired) electrons. The van der Waals surface area contributed by atoms with Crippen molar-refractivity contribution < 1.29 is 0 Å². The van der Waals surface area contributed by atoms with Gasteiger partial charge in [0.1, 0.15) is 0 Å². The Balaban J connectivity index is 2.51. The number of rotatable bonds is 2. The fourth-order valence-corrected chi connectivity index (χ4v) is 1.78. The molecular formula is C11H11N3OS. The Morgan fingerprint density at radius 3 is 2.62 bits per heavy atom. The van der Waals surface area contributed by atoms with E-state index >= 15 is 0 Å². The number of thioether (sulfide) groups is 1. The Labute approximate surface area is 97.1 Å². The smallest absolute Gasteiger partial charge is 0.297 e. The molecule has 16 heavy (non-hydrogen) atoms. The summed E-state index contributed by atoms with van der Waals surface area (Å²) in [6, 6.07) is 7.69. The van der Waals surface area contributed by atoms with Crippen LogP contribution in [0.5, 0.6) is 0 Å². The fourth-order valence-electron chi connectivity index (χ4n) is 1.37. The Hall–Kier alpha value is -1.75. The van der Waals surface area contributed by atoms with Crippen molar-refractivity contribution >= 4 is 17.6 Å². The van der Waals surface area contributed by atoms with Crippen LogP contribution >= 0.6 is 11.8 Å². The highest BCUT2D eigenvalue weighted by Gasteiger charge is 2.02. The van der Waals surface area contributed by atoms with Crippen LogP contribution in [0.15, 0.2) is 46.3 Å². The van der Waals surface area contributed by atoms with Gasteiger partial charge in [-0.05, 0) is 30.5 Å². The van der Waals surface area contributed by atoms with Crippen LogP contribution < -0.4 is 11.3 Å². The predicted octanol–water partition coefficient (Wildman–Crippen LogP) is 1.54. The minimum absolute atomic E-state index is 0.0106. The highest BCUT2D eigenvalue weighted by atomic mass is 32.2. The van der Waals surface area contributed by atoms with Gasteiger partial charge in [0.25, 0.3) is 5.56 Å². The normalized spacial score (nSPS) is 10.3. The number of aromatic nitrogens is 2. The molecule has 0 bridgehead atoms. The molecule has 1 aromatic carbocycles. The van der Waals surface area contributed by atoms with Gasteiger partial charge in [-0.3, -0.25) is 9.36 Å². The highest BCUT2D eigenvalue weighted by molar-refractivity contribution is 7.98. The number of nitrogen functional groups attached to an aromatic ring is 1. The van der Waals surface area contributed by atoms with Gasteiger partial charge in [0, 0.05) is 23.0 Å². The van der Waals surface area contributed by atoms with E-state index in [-0.39, 0.29) is 11.4 Å². The lowest BCUT2D eigenvalue weighted by atomic mass is 10.3. The summed E-state index contributed by atoms with van der Waals surface area (Å²) in [5, 5.41) is 0. The second-order valence-corrected chi connectivity index (χ2v) is 4.07. The van der Waals surface area contributed by atoms with Crippen LogP contribution in [0.1, 0.15) is 0 Å². The van der Waals surface area contributed by atoms with Crippen molar-refractivity contribution in [1.82, 2.24) is 9.55 Å². The Kier molecular flexibility index (Phi) is 2.96. The van der Waals surface area contributed by atoms with E-state index in [1.165, 1.54) is 10.8 Å². The van der Waals surface area contributed by atoms with Gasteiger partial charge >= 0.3 is 0 Å². The average molecular weight is 233 g/mol. The van der Waals surface area contributed by atoms with Crippen molar-refractivity contribution in [3.05, 3.63) is 47.0 Å². The van der Waals surface area contributed by atoms with Crippen molar-refractivity contribution in [2.75, 3.05) is 12.0 Å². The van der Waals surface area contributed by atoms with E-state index in [2.05, 4.69) is 4.98 Å². The first-order chi connectivity index (χ1) is 7.72. The van der Waals surface area contributed by atoms with E-state index in [4.69, 9.17) is 5.73 Å². The molecule has 0 aliphatic heterocycles. The van der Waals surface area contributed by atoms with E-state index in [0.717, 1.165) is 10.6 Å². The lowest BCUT2D eigenvalue weighted by Crippen LogP contribution is -2.21. The van der Waals surface area contributed by atoms with Crippen LogP contribution in [0, 0.1) is 0 Å². The SMILES string of the molecule is CSc1ccc(-n2ccnc(N)c2=O)cc1. The van der Waals surface area contributed by atoms with Crippen LogP contribution in [-0.4, -0.2) is 15.8 Å². The lowest BCUT2D eigenvalue weighted by Gasteiger charge is -2.06. The van der Waals surface area contributed by atoms with Crippen LogP contribution in [0.3, 0.4) is 0 Å². The summed E-state index contributed by atoms with van der Waals surface area (Å²) < 4.78 is 1.48. The first-order valence-electron chi connectivity index (χ1n) is 4.70. The van der Waals surface area contributed by atoms with Crippen LogP contribution in [0.25, 0.3) is 5.69 Å². The number of hydrogen-bond acceptors (Lipinski definition) is 4. The molecule has 0 aliphatic rings. The summed E-state index contributed by atoms with van der Waals surface area (Å²) in [6.07, 6.45) is 5.12. The highest BCUT2D eigenvalue weighted by Crippen LogP contribution is 2.16. The summed E-state index contributed by atoms with van der Waals surface area (Å²) in [5.74, 6) is 0.0106. The third-order valence-electron chi connectivity index (χ3n) is 2.22. The summed E-state index contributed by atoms with van der Waals surface area (Å²) >= 11 is 1.66. The number of anilines is 1. The van der Waals surface area contributed by atoms with Gasteiger partial charge in [0.2, 0.25) is 0 Å². The zero-order valence-electron chi connectivity index (χ0n) is 8.75. The molecule has 0 saturated heterocycles. The van der Waals surface area contributed by atoms with Crippen LogP contribution in [0.2, 0.25) is 0 Å². The Morgan fingerprint density at radius 2 is 2.00 bits per heavy atom. The van der Waals surface area contributed by atoms with E-state index in [1.54, 1.807) is 18.0 Å². The van der Waals surface area contributed by atoms with Crippen molar-refractivity contribution in [1.29, 1.82) is 0 Å². The molecule has 5 heteroatoms. The minimum Gasteiger partial charge on any atom is -0.379 e. The molecule has 0 aliphatic carbocycles. The second kappa shape index (κ2) is 4.40. The van der Waals surface area contributed by atoms with Gasteiger partial charge in [0.15, 0.2) is 5.82 Å². The van der Waals surface area contributed by atoms with E-state index < -0.39 is 0 Å². The maximum Gasteiger partial charge on any atom is 0.297 e. The molecule has 2 rings (SSSR count). The monoisotopic (exact) mass is 233 g/mol. The fraction of sp³-hybridized carbons (Fsp3) is 0.0909. The average Bonchev–Trinajstić information content (AvgIpc) is 2.33. The number of nitrogens with two attached hydrogens (primary N) is 1. The Bertz CT molecular complexity index is 548. The Morgan fingerprint density at radius 1 is 1.31 bits per heavy atom. The molecule has 2 N–H and O–H groups in total. The minimum atomic E-state index is -0.292. The van der Waals surface area contributed by atoms with E-state index in [1.807, 2.05) is 30.5 Å². The molecule has 2 aromatic rings. The second-order valence-electron chi connectivity index (χ2n) is 3.19. The summed E-state index contributed by atoms with van der Waals surface area (Å²) in [5.41, 5.74) is 5.96.